The lowest BCUT2D eigenvalue weighted by molar-refractivity contribution is -0.141. The summed E-state index contributed by atoms with van der Waals surface area (Å²) in [7, 11) is 0. The van der Waals surface area contributed by atoms with Gasteiger partial charge in [-0.3, -0.25) is 9.69 Å². The highest BCUT2D eigenvalue weighted by atomic mass is 16.2. The zero-order valence-electron chi connectivity index (χ0n) is 13.3. The van der Waals surface area contributed by atoms with E-state index >= 15 is 0 Å². The molecule has 3 saturated heterocycles. The van der Waals surface area contributed by atoms with Gasteiger partial charge in [0, 0.05) is 25.2 Å². The van der Waals surface area contributed by atoms with E-state index in [4.69, 9.17) is 0 Å². The second-order valence-corrected chi connectivity index (χ2v) is 7.72. The van der Waals surface area contributed by atoms with Gasteiger partial charge in [-0.15, -0.1) is 0 Å². The monoisotopic (exact) mass is 291 g/mol. The molecule has 0 radical (unpaired) electrons. The quantitative estimate of drug-likeness (QED) is 0.794. The summed E-state index contributed by atoms with van der Waals surface area (Å²) >= 11 is 0. The van der Waals surface area contributed by atoms with Crippen LogP contribution in [0, 0.1) is 11.8 Å². The fourth-order valence-electron chi connectivity index (χ4n) is 5.30. The molecule has 1 aliphatic carbocycles. The van der Waals surface area contributed by atoms with E-state index in [0.29, 0.717) is 23.9 Å². The maximum atomic E-state index is 13.1. The molecule has 0 aromatic heterocycles. The van der Waals surface area contributed by atoms with Crippen LogP contribution >= 0.6 is 0 Å². The van der Waals surface area contributed by atoms with Crippen LogP contribution in [0.3, 0.4) is 0 Å². The van der Waals surface area contributed by atoms with Crippen molar-refractivity contribution in [2.75, 3.05) is 26.2 Å². The predicted molar refractivity (Wildman–Crippen MR) is 83.0 cm³/mol. The van der Waals surface area contributed by atoms with Crippen LogP contribution in [0.15, 0.2) is 0 Å². The summed E-state index contributed by atoms with van der Waals surface area (Å²) in [4.78, 5) is 17.9. The minimum absolute atomic E-state index is 0.120. The van der Waals surface area contributed by atoms with E-state index < -0.39 is 0 Å². The Bertz CT molecular complexity index is 413. The van der Waals surface area contributed by atoms with Gasteiger partial charge in [-0.25, -0.2) is 0 Å². The number of carbonyl (C=O) groups excluding carboxylic acids is 1. The summed E-state index contributed by atoms with van der Waals surface area (Å²) in [5.41, 5.74) is 0. The summed E-state index contributed by atoms with van der Waals surface area (Å²) in [5.74, 6) is 1.79. The molecule has 118 valence electrons. The van der Waals surface area contributed by atoms with E-state index in [1.54, 1.807) is 0 Å². The minimum Gasteiger partial charge on any atom is -0.336 e. The number of piperidine rings is 1. The molecule has 1 saturated carbocycles. The van der Waals surface area contributed by atoms with Crippen LogP contribution in [-0.4, -0.2) is 60.0 Å². The maximum Gasteiger partial charge on any atom is 0.240 e. The minimum atomic E-state index is 0.120. The summed E-state index contributed by atoms with van der Waals surface area (Å²) in [5, 5.41) is 3.54. The number of amides is 1. The van der Waals surface area contributed by atoms with Crippen molar-refractivity contribution < 1.29 is 4.79 Å². The van der Waals surface area contributed by atoms with Crippen molar-refractivity contribution in [1.82, 2.24) is 15.1 Å². The normalized spacial score (nSPS) is 43.7. The summed E-state index contributed by atoms with van der Waals surface area (Å²) in [6.45, 7) is 6.60. The van der Waals surface area contributed by atoms with Gasteiger partial charge in [0.15, 0.2) is 0 Å². The number of nitrogens with zero attached hydrogens (tertiary/aromatic N) is 2. The van der Waals surface area contributed by atoms with Crippen molar-refractivity contribution in [3.05, 3.63) is 0 Å². The smallest absolute Gasteiger partial charge is 0.240 e. The molecule has 4 nitrogen and oxygen atoms in total. The highest BCUT2D eigenvalue weighted by Crippen LogP contribution is 2.38. The van der Waals surface area contributed by atoms with Crippen LogP contribution in [0.4, 0.5) is 0 Å². The van der Waals surface area contributed by atoms with Gasteiger partial charge < -0.3 is 10.2 Å². The van der Waals surface area contributed by atoms with Crippen LogP contribution in [0.2, 0.25) is 0 Å². The third kappa shape index (κ3) is 2.40. The van der Waals surface area contributed by atoms with Crippen molar-refractivity contribution >= 4 is 5.91 Å². The van der Waals surface area contributed by atoms with Gasteiger partial charge >= 0.3 is 0 Å². The molecule has 4 fully saturated rings. The van der Waals surface area contributed by atoms with E-state index in [1.165, 1.54) is 45.1 Å². The first kappa shape index (κ1) is 14.0. The average molecular weight is 291 g/mol. The molecule has 4 heteroatoms. The Kier molecular flexibility index (Phi) is 3.70. The molecule has 5 unspecified atom stereocenters. The average Bonchev–Trinajstić information content (AvgIpc) is 3.08. The van der Waals surface area contributed by atoms with Crippen LogP contribution in [0.1, 0.15) is 45.4 Å². The van der Waals surface area contributed by atoms with Crippen molar-refractivity contribution in [2.45, 2.75) is 63.6 Å². The van der Waals surface area contributed by atoms with E-state index in [1.807, 2.05) is 0 Å². The molecule has 3 heterocycles. The van der Waals surface area contributed by atoms with Crippen LogP contribution in [0.5, 0.6) is 0 Å². The molecule has 0 spiro atoms. The standard InChI is InChI=1S/C17H29N3O/c1-12-10-19-8-3-2-6-14(19)11-20(12)17(21)16-15-7-4-5-13(15)9-18-16/h12-16,18H,2-11H2,1H3. The summed E-state index contributed by atoms with van der Waals surface area (Å²) in [6, 6.07) is 1.13. The van der Waals surface area contributed by atoms with Gasteiger partial charge in [-0.1, -0.05) is 12.8 Å². The Morgan fingerprint density at radius 2 is 2.00 bits per heavy atom. The van der Waals surface area contributed by atoms with Crippen molar-refractivity contribution in [3.63, 3.8) is 0 Å². The van der Waals surface area contributed by atoms with Gasteiger partial charge in [0.2, 0.25) is 5.91 Å². The highest BCUT2D eigenvalue weighted by molar-refractivity contribution is 5.83. The summed E-state index contributed by atoms with van der Waals surface area (Å²) in [6.07, 6.45) is 7.86. The molecule has 1 amide bonds. The molecule has 0 aromatic rings. The van der Waals surface area contributed by atoms with E-state index in [2.05, 4.69) is 22.0 Å². The molecule has 5 atom stereocenters. The number of piperazine rings is 1. The molecular weight excluding hydrogens is 262 g/mol. The van der Waals surface area contributed by atoms with E-state index in [-0.39, 0.29) is 6.04 Å². The van der Waals surface area contributed by atoms with Crippen molar-refractivity contribution in [3.8, 4) is 0 Å². The lowest BCUT2D eigenvalue weighted by Gasteiger charge is -2.48. The largest absolute Gasteiger partial charge is 0.336 e. The van der Waals surface area contributed by atoms with E-state index in [9.17, 15) is 4.79 Å². The number of nitrogens with one attached hydrogen (secondary N) is 1. The molecule has 1 N–H and O–H groups in total. The zero-order valence-corrected chi connectivity index (χ0v) is 13.3. The lowest BCUT2D eigenvalue weighted by atomic mass is 9.91. The molecule has 21 heavy (non-hydrogen) atoms. The molecule has 4 rings (SSSR count). The second-order valence-electron chi connectivity index (χ2n) is 7.72. The number of hydrogen-bond donors (Lipinski definition) is 1. The second kappa shape index (κ2) is 5.54. The predicted octanol–water partition coefficient (Wildman–Crippen LogP) is 1.46. The van der Waals surface area contributed by atoms with Gasteiger partial charge in [0.25, 0.3) is 0 Å². The third-order valence-corrected chi connectivity index (χ3v) is 6.48. The number of fused-ring (bicyclic) bond motifs is 2. The van der Waals surface area contributed by atoms with Gasteiger partial charge in [0.1, 0.15) is 0 Å². The van der Waals surface area contributed by atoms with Gasteiger partial charge in [-0.2, -0.15) is 0 Å². The fourth-order valence-corrected chi connectivity index (χ4v) is 5.30. The number of hydrogen-bond acceptors (Lipinski definition) is 3. The lowest BCUT2D eigenvalue weighted by Crippen LogP contribution is -2.62. The van der Waals surface area contributed by atoms with E-state index in [0.717, 1.165) is 25.6 Å². The Hall–Kier alpha value is -0.610. The van der Waals surface area contributed by atoms with Crippen molar-refractivity contribution in [2.24, 2.45) is 11.8 Å². The highest BCUT2D eigenvalue weighted by Gasteiger charge is 2.46. The number of rotatable bonds is 1. The first-order valence-corrected chi connectivity index (χ1v) is 9.02. The third-order valence-electron chi connectivity index (χ3n) is 6.48. The van der Waals surface area contributed by atoms with Gasteiger partial charge in [-0.05, 0) is 57.5 Å². The van der Waals surface area contributed by atoms with Crippen molar-refractivity contribution in [1.29, 1.82) is 0 Å². The Morgan fingerprint density at radius 1 is 1.10 bits per heavy atom. The Morgan fingerprint density at radius 3 is 2.90 bits per heavy atom. The molecule has 3 aliphatic heterocycles. The van der Waals surface area contributed by atoms with Crippen LogP contribution < -0.4 is 5.32 Å². The summed E-state index contributed by atoms with van der Waals surface area (Å²) < 4.78 is 0. The number of carbonyl (C=O) groups is 1. The molecule has 0 bridgehead atoms. The SMILES string of the molecule is CC1CN2CCCCC2CN1C(=O)C1NCC2CCCC21. The van der Waals surface area contributed by atoms with Crippen LogP contribution in [-0.2, 0) is 4.79 Å². The first-order valence-electron chi connectivity index (χ1n) is 9.02. The fraction of sp³-hybridized carbons (Fsp3) is 0.941. The first-order chi connectivity index (χ1) is 10.2. The molecule has 0 aromatic carbocycles. The topological polar surface area (TPSA) is 35.6 Å². The molecule has 4 aliphatic rings. The Labute approximate surface area is 128 Å². The Balaban J connectivity index is 1.46. The molecular formula is C17H29N3O. The zero-order chi connectivity index (χ0) is 14.4. The van der Waals surface area contributed by atoms with Crippen LogP contribution in [0.25, 0.3) is 0 Å². The van der Waals surface area contributed by atoms with Gasteiger partial charge in [0.05, 0.1) is 6.04 Å². The maximum absolute atomic E-state index is 13.1.